The van der Waals surface area contributed by atoms with Gasteiger partial charge in [0, 0.05) is 11.6 Å². The fraction of sp³-hybridized carbons (Fsp3) is 0.412. The summed E-state index contributed by atoms with van der Waals surface area (Å²) >= 11 is 0. The van der Waals surface area contributed by atoms with Crippen LogP contribution < -0.4 is 11.1 Å². The van der Waals surface area contributed by atoms with Gasteiger partial charge in [-0.2, -0.15) is 0 Å². The second kappa shape index (κ2) is 9.71. The maximum absolute atomic E-state index is 13.1. The number of halogens is 2. The average Bonchev–Trinajstić information content (AvgIpc) is 2.48. The summed E-state index contributed by atoms with van der Waals surface area (Å²) in [5, 5.41) is 2.43. The number of carbonyl (C=O) groups is 2. The van der Waals surface area contributed by atoms with E-state index in [0.29, 0.717) is 12.5 Å². The van der Waals surface area contributed by atoms with Gasteiger partial charge in [-0.15, -0.1) is 6.58 Å². The Bertz CT molecular complexity index is 541. The Morgan fingerprint density at radius 2 is 1.74 bits per heavy atom. The van der Waals surface area contributed by atoms with Crippen molar-refractivity contribution < 1.29 is 18.4 Å². The number of primary amides is 1. The lowest BCUT2D eigenvalue weighted by Crippen LogP contribution is -2.44. The van der Waals surface area contributed by atoms with Crippen LogP contribution in [0.2, 0.25) is 0 Å². The van der Waals surface area contributed by atoms with Gasteiger partial charge >= 0.3 is 0 Å². The standard InChI is InChI=1S/C17H22F2N2O2/c1-2-3-4-5-6-7-8-15(16(20)22)21-17(23)12-9-13(18)11-14(19)10-12/h2,9-11,15H,1,3-8H2,(H2,20,22)(H,21,23)/t15-/m1/s1. The Labute approximate surface area is 134 Å². The third-order valence-electron chi connectivity index (χ3n) is 3.42. The smallest absolute Gasteiger partial charge is 0.252 e. The summed E-state index contributed by atoms with van der Waals surface area (Å²) in [7, 11) is 0. The van der Waals surface area contributed by atoms with Gasteiger partial charge in [-0.25, -0.2) is 8.78 Å². The third kappa shape index (κ3) is 7.04. The molecule has 0 spiro atoms. The first-order valence-corrected chi connectivity index (χ1v) is 7.61. The molecule has 3 N–H and O–H groups in total. The fourth-order valence-electron chi connectivity index (χ4n) is 2.20. The van der Waals surface area contributed by atoms with Crippen LogP contribution >= 0.6 is 0 Å². The predicted molar refractivity (Wildman–Crippen MR) is 84.7 cm³/mol. The van der Waals surface area contributed by atoms with Gasteiger partial charge in [0.1, 0.15) is 17.7 Å². The number of carbonyl (C=O) groups excluding carboxylic acids is 2. The summed E-state index contributed by atoms with van der Waals surface area (Å²) in [6.45, 7) is 3.64. The van der Waals surface area contributed by atoms with E-state index in [-0.39, 0.29) is 5.56 Å². The number of allylic oxidation sites excluding steroid dienone is 1. The van der Waals surface area contributed by atoms with Gasteiger partial charge in [0.15, 0.2) is 0 Å². The van der Waals surface area contributed by atoms with Crippen molar-refractivity contribution in [3.05, 3.63) is 48.1 Å². The van der Waals surface area contributed by atoms with Gasteiger partial charge in [0.25, 0.3) is 5.91 Å². The zero-order valence-corrected chi connectivity index (χ0v) is 13.0. The normalized spacial score (nSPS) is 11.7. The van der Waals surface area contributed by atoms with Crippen molar-refractivity contribution in [2.75, 3.05) is 0 Å². The van der Waals surface area contributed by atoms with E-state index >= 15 is 0 Å². The lowest BCUT2D eigenvalue weighted by molar-refractivity contribution is -0.120. The molecule has 1 aromatic rings. The lowest BCUT2D eigenvalue weighted by atomic mass is 10.1. The molecule has 0 aliphatic rings. The zero-order chi connectivity index (χ0) is 17.2. The molecule has 0 heterocycles. The third-order valence-corrected chi connectivity index (χ3v) is 3.42. The molecule has 0 fully saturated rings. The van der Waals surface area contributed by atoms with E-state index in [1.165, 1.54) is 0 Å². The fourth-order valence-corrected chi connectivity index (χ4v) is 2.20. The summed E-state index contributed by atoms with van der Waals surface area (Å²) < 4.78 is 26.2. The lowest BCUT2D eigenvalue weighted by Gasteiger charge is -2.15. The van der Waals surface area contributed by atoms with E-state index in [0.717, 1.165) is 44.2 Å². The van der Waals surface area contributed by atoms with E-state index in [4.69, 9.17) is 5.73 Å². The van der Waals surface area contributed by atoms with Crippen molar-refractivity contribution >= 4 is 11.8 Å². The summed E-state index contributed by atoms with van der Waals surface area (Å²) in [4.78, 5) is 23.4. The van der Waals surface area contributed by atoms with Crippen LogP contribution in [0.15, 0.2) is 30.9 Å². The van der Waals surface area contributed by atoms with Crippen LogP contribution in [0.3, 0.4) is 0 Å². The number of amides is 2. The van der Waals surface area contributed by atoms with Crippen LogP contribution in [-0.2, 0) is 4.79 Å². The number of hydrogen-bond donors (Lipinski definition) is 2. The predicted octanol–water partition coefficient (Wildman–Crippen LogP) is 3.08. The van der Waals surface area contributed by atoms with Crippen LogP contribution in [0.5, 0.6) is 0 Å². The topological polar surface area (TPSA) is 72.2 Å². The summed E-state index contributed by atoms with van der Waals surface area (Å²) in [6.07, 6.45) is 6.85. The molecule has 6 heteroatoms. The molecule has 0 aliphatic carbocycles. The Morgan fingerprint density at radius 1 is 1.13 bits per heavy atom. The second-order valence-electron chi connectivity index (χ2n) is 5.37. The number of rotatable bonds is 10. The molecule has 1 rings (SSSR count). The van der Waals surface area contributed by atoms with E-state index in [1.807, 2.05) is 6.08 Å². The molecule has 126 valence electrons. The molecular formula is C17H22F2N2O2. The molecule has 1 atom stereocenters. The van der Waals surface area contributed by atoms with E-state index in [9.17, 15) is 18.4 Å². The highest BCUT2D eigenvalue weighted by Crippen LogP contribution is 2.11. The summed E-state index contributed by atoms with van der Waals surface area (Å²) in [5.41, 5.74) is 5.09. The number of benzene rings is 1. The summed E-state index contributed by atoms with van der Waals surface area (Å²) in [5.74, 6) is -3.10. The minimum Gasteiger partial charge on any atom is -0.368 e. The van der Waals surface area contributed by atoms with E-state index < -0.39 is 29.5 Å². The van der Waals surface area contributed by atoms with Gasteiger partial charge in [-0.05, 0) is 31.4 Å². The number of unbranched alkanes of at least 4 members (excludes halogenated alkanes) is 4. The van der Waals surface area contributed by atoms with E-state index in [1.54, 1.807) is 0 Å². The van der Waals surface area contributed by atoms with Crippen LogP contribution in [-0.4, -0.2) is 17.9 Å². The largest absolute Gasteiger partial charge is 0.368 e. The van der Waals surface area contributed by atoms with Crippen molar-refractivity contribution in [3.8, 4) is 0 Å². The highest BCUT2D eigenvalue weighted by molar-refractivity contribution is 5.97. The second-order valence-corrected chi connectivity index (χ2v) is 5.37. The minimum absolute atomic E-state index is 0.181. The molecule has 0 aromatic heterocycles. The maximum atomic E-state index is 13.1. The summed E-state index contributed by atoms with van der Waals surface area (Å²) in [6, 6.07) is 1.64. The first-order valence-electron chi connectivity index (χ1n) is 7.61. The highest BCUT2D eigenvalue weighted by Gasteiger charge is 2.19. The van der Waals surface area contributed by atoms with Crippen molar-refractivity contribution in [1.82, 2.24) is 5.32 Å². The van der Waals surface area contributed by atoms with Crippen LogP contribution in [0.25, 0.3) is 0 Å². The first-order chi connectivity index (χ1) is 10.9. The minimum atomic E-state index is -0.854. The number of hydrogen-bond acceptors (Lipinski definition) is 2. The van der Waals surface area contributed by atoms with Crippen molar-refractivity contribution in [2.24, 2.45) is 5.73 Å². The van der Waals surface area contributed by atoms with Gasteiger partial charge in [-0.1, -0.05) is 25.3 Å². The molecule has 23 heavy (non-hydrogen) atoms. The Kier molecular flexibility index (Phi) is 7.94. The molecule has 0 saturated carbocycles. The van der Waals surface area contributed by atoms with Crippen LogP contribution in [0.4, 0.5) is 8.78 Å². The van der Waals surface area contributed by atoms with Crippen molar-refractivity contribution in [3.63, 3.8) is 0 Å². The molecule has 0 radical (unpaired) electrons. The maximum Gasteiger partial charge on any atom is 0.252 e. The van der Waals surface area contributed by atoms with Crippen LogP contribution in [0.1, 0.15) is 48.9 Å². The quantitative estimate of drug-likeness (QED) is 0.513. The van der Waals surface area contributed by atoms with E-state index in [2.05, 4.69) is 11.9 Å². The molecule has 0 saturated heterocycles. The average molecular weight is 324 g/mol. The zero-order valence-electron chi connectivity index (χ0n) is 13.0. The SMILES string of the molecule is C=CCCCCCC[C@@H](NC(=O)c1cc(F)cc(F)c1)C(N)=O. The Balaban J connectivity index is 2.53. The molecule has 2 amide bonds. The first kappa shape index (κ1) is 18.8. The Morgan fingerprint density at radius 3 is 2.30 bits per heavy atom. The molecular weight excluding hydrogens is 302 g/mol. The molecule has 1 aromatic carbocycles. The number of nitrogens with two attached hydrogens (primary N) is 1. The molecule has 0 bridgehead atoms. The molecule has 0 unspecified atom stereocenters. The van der Waals surface area contributed by atoms with Gasteiger partial charge in [0.2, 0.25) is 5.91 Å². The van der Waals surface area contributed by atoms with Crippen molar-refractivity contribution in [2.45, 2.75) is 44.6 Å². The van der Waals surface area contributed by atoms with Gasteiger partial charge < -0.3 is 11.1 Å². The van der Waals surface area contributed by atoms with Crippen molar-refractivity contribution in [1.29, 1.82) is 0 Å². The molecule has 0 aliphatic heterocycles. The van der Waals surface area contributed by atoms with Gasteiger partial charge in [-0.3, -0.25) is 9.59 Å². The highest BCUT2D eigenvalue weighted by atomic mass is 19.1. The number of nitrogens with one attached hydrogen (secondary N) is 1. The monoisotopic (exact) mass is 324 g/mol. The Hall–Kier alpha value is -2.24. The van der Waals surface area contributed by atoms with Crippen LogP contribution in [0, 0.1) is 11.6 Å². The molecule has 4 nitrogen and oxygen atoms in total. The van der Waals surface area contributed by atoms with Gasteiger partial charge in [0.05, 0.1) is 0 Å².